The van der Waals surface area contributed by atoms with Gasteiger partial charge in [-0.25, -0.2) is 4.39 Å². The molecule has 1 aliphatic heterocycles. The van der Waals surface area contributed by atoms with E-state index < -0.39 is 11.5 Å². The minimum absolute atomic E-state index is 0.196. The molecular weight excluding hydrogens is 315 g/mol. The van der Waals surface area contributed by atoms with Crippen LogP contribution in [-0.4, -0.2) is 34.6 Å². The molecule has 0 aliphatic carbocycles. The van der Waals surface area contributed by atoms with Gasteiger partial charge in [-0.2, -0.15) is 0 Å². The quantitative estimate of drug-likeness (QED) is 0.891. The third-order valence-electron chi connectivity index (χ3n) is 3.72. The molecule has 104 valence electrons. The van der Waals surface area contributed by atoms with Crippen molar-refractivity contribution in [1.29, 1.82) is 0 Å². The zero-order valence-corrected chi connectivity index (χ0v) is 12.2. The Balaban J connectivity index is 2.17. The highest BCUT2D eigenvalue weighted by Crippen LogP contribution is 2.30. The van der Waals surface area contributed by atoms with Gasteiger partial charge in [0.25, 0.3) is 0 Å². The SMILES string of the molecule is CC(c1ccc(Br)cc1F)N1CCC(N)(C(=O)O)C1. The molecule has 1 heterocycles. The largest absolute Gasteiger partial charge is 0.480 e. The van der Waals surface area contributed by atoms with Crippen LogP contribution in [0.25, 0.3) is 0 Å². The summed E-state index contributed by atoms with van der Waals surface area (Å²) >= 11 is 3.21. The molecule has 2 unspecified atom stereocenters. The molecule has 1 fully saturated rings. The summed E-state index contributed by atoms with van der Waals surface area (Å²) in [5.74, 6) is -1.30. The summed E-state index contributed by atoms with van der Waals surface area (Å²) < 4.78 is 14.6. The molecule has 0 aromatic heterocycles. The molecule has 0 bridgehead atoms. The van der Waals surface area contributed by atoms with E-state index in [0.717, 1.165) is 0 Å². The van der Waals surface area contributed by atoms with Gasteiger partial charge in [0.2, 0.25) is 0 Å². The summed E-state index contributed by atoms with van der Waals surface area (Å²) in [6, 6.07) is 4.70. The van der Waals surface area contributed by atoms with Crippen LogP contribution in [0.2, 0.25) is 0 Å². The molecule has 0 amide bonds. The molecule has 2 atom stereocenters. The predicted molar refractivity (Wildman–Crippen MR) is 73.3 cm³/mol. The summed E-state index contributed by atoms with van der Waals surface area (Å²) in [6.45, 7) is 2.65. The first-order valence-electron chi connectivity index (χ1n) is 6.05. The molecule has 19 heavy (non-hydrogen) atoms. The van der Waals surface area contributed by atoms with Crippen molar-refractivity contribution in [2.24, 2.45) is 5.73 Å². The molecule has 0 spiro atoms. The van der Waals surface area contributed by atoms with Crippen molar-refractivity contribution in [3.05, 3.63) is 34.1 Å². The molecule has 6 heteroatoms. The highest BCUT2D eigenvalue weighted by atomic mass is 79.9. The van der Waals surface area contributed by atoms with Gasteiger partial charge in [0.15, 0.2) is 0 Å². The Labute approximate surface area is 119 Å². The van der Waals surface area contributed by atoms with Gasteiger partial charge in [0.1, 0.15) is 11.4 Å². The fourth-order valence-electron chi connectivity index (χ4n) is 2.41. The molecule has 1 saturated heterocycles. The molecule has 3 N–H and O–H groups in total. The van der Waals surface area contributed by atoms with Crippen LogP contribution < -0.4 is 5.73 Å². The van der Waals surface area contributed by atoms with Crippen molar-refractivity contribution in [3.63, 3.8) is 0 Å². The van der Waals surface area contributed by atoms with Crippen molar-refractivity contribution in [3.8, 4) is 0 Å². The molecule has 4 nitrogen and oxygen atoms in total. The van der Waals surface area contributed by atoms with Crippen molar-refractivity contribution in [2.45, 2.75) is 24.9 Å². The van der Waals surface area contributed by atoms with Crippen LogP contribution in [0.5, 0.6) is 0 Å². The highest BCUT2D eigenvalue weighted by molar-refractivity contribution is 9.10. The van der Waals surface area contributed by atoms with Crippen LogP contribution in [0.1, 0.15) is 24.9 Å². The van der Waals surface area contributed by atoms with Gasteiger partial charge < -0.3 is 10.8 Å². The minimum atomic E-state index is -1.22. The van der Waals surface area contributed by atoms with E-state index in [2.05, 4.69) is 15.9 Å². The van der Waals surface area contributed by atoms with E-state index in [1.807, 2.05) is 11.8 Å². The Kier molecular flexibility index (Phi) is 3.94. The van der Waals surface area contributed by atoms with E-state index in [-0.39, 0.29) is 18.4 Å². The number of aliphatic carboxylic acids is 1. The van der Waals surface area contributed by atoms with Crippen LogP contribution in [0.3, 0.4) is 0 Å². The average molecular weight is 331 g/mol. The summed E-state index contributed by atoms with van der Waals surface area (Å²) in [5, 5.41) is 9.10. The second kappa shape index (κ2) is 5.19. The maximum atomic E-state index is 13.9. The Morgan fingerprint density at radius 3 is 2.84 bits per heavy atom. The first kappa shape index (κ1) is 14.4. The highest BCUT2D eigenvalue weighted by Gasteiger charge is 2.42. The summed E-state index contributed by atoms with van der Waals surface area (Å²) in [6.07, 6.45) is 0.380. The van der Waals surface area contributed by atoms with Crippen LogP contribution in [0, 0.1) is 5.82 Å². The normalized spacial score (nSPS) is 25.5. The van der Waals surface area contributed by atoms with Crippen LogP contribution >= 0.6 is 15.9 Å². The standard InChI is InChI=1S/C13H16BrFN2O2/c1-8(10-3-2-9(14)6-11(10)15)17-5-4-13(16,7-17)12(18)19/h2-3,6,8H,4-5,7,16H2,1H3,(H,18,19). The second-order valence-corrected chi connectivity index (χ2v) is 5.94. The number of carbonyl (C=O) groups is 1. The molecule has 0 saturated carbocycles. The lowest BCUT2D eigenvalue weighted by Crippen LogP contribution is -2.50. The van der Waals surface area contributed by atoms with Gasteiger partial charge in [-0.3, -0.25) is 9.69 Å². The predicted octanol–water partition coefficient (Wildman–Crippen LogP) is 2.14. The number of nitrogens with two attached hydrogens (primary N) is 1. The number of nitrogens with zero attached hydrogens (tertiary/aromatic N) is 1. The fourth-order valence-corrected chi connectivity index (χ4v) is 2.74. The Hall–Kier alpha value is -0.980. The number of carboxylic acids is 1. The van der Waals surface area contributed by atoms with E-state index in [0.29, 0.717) is 23.0 Å². The van der Waals surface area contributed by atoms with Crippen LogP contribution in [0.4, 0.5) is 4.39 Å². The van der Waals surface area contributed by atoms with Crippen molar-refractivity contribution in [2.75, 3.05) is 13.1 Å². The number of halogens is 2. The van der Waals surface area contributed by atoms with E-state index in [1.165, 1.54) is 6.07 Å². The van der Waals surface area contributed by atoms with Crippen molar-refractivity contribution in [1.82, 2.24) is 4.90 Å². The minimum Gasteiger partial charge on any atom is -0.480 e. The number of hydrogen-bond acceptors (Lipinski definition) is 3. The maximum Gasteiger partial charge on any atom is 0.325 e. The fraction of sp³-hybridized carbons (Fsp3) is 0.462. The number of likely N-dealkylation sites (tertiary alicyclic amines) is 1. The van der Waals surface area contributed by atoms with E-state index >= 15 is 0 Å². The lowest BCUT2D eigenvalue weighted by Gasteiger charge is -2.26. The smallest absolute Gasteiger partial charge is 0.325 e. The molecule has 2 rings (SSSR count). The van der Waals surface area contributed by atoms with Crippen LogP contribution in [-0.2, 0) is 4.79 Å². The lowest BCUT2D eigenvalue weighted by molar-refractivity contribution is -0.142. The average Bonchev–Trinajstić information content (AvgIpc) is 2.73. The van der Waals surface area contributed by atoms with E-state index in [1.54, 1.807) is 12.1 Å². The summed E-state index contributed by atoms with van der Waals surface area (Å²) in [4.78, 5) is 13.0. The van der Waals surface area contributed by atoms with Gasteiger partial charge in [0, 0.05) is 29.2 Å². The summed E-state index contributed by atoms with van der Waals surface area (Å²) in [5.41, 5.74) is 5.16. The molecular formula is C13H16BrFN2O2. The van der Waals surface area contributed by atoms with Crippen molar-refractivity contribution >= 4 is 21.9 Å². The molecule has 1 aromatic rings. The number of rotatable bonds is 3. The van der Waals surface area contributed by atoms with Gasteiger partial charge in [-0.15, -0.1) is 0 Å². The molecule has 1 aromatic carbocycles. The first-order chi connectivity index (χ1) is 8.83. The van der Waals surface area contributed by atoms with Gasteiger partial charge in [0.05, 0.1) is 0 Å². The Morgan fingerprint density at radius 2 is 2.32 bits per heavy atom. The Morgan fingerprint density at radius 1 is 1.63 bits per heavy atom. The summed E-state index contributed by atoms with van der Waals surface area (Å²) in [7, 11) is 0. The monoisotopic (exact) mass is 330 g/mol. The molecule has 1 aliphatic rings. The third-order valence-corrected chi connectivity index (χ3v) is 4.21. The Bertz CT molecular complexity index is 511. The third kappa shape index (κ3) is 2.80. The molecule has 0 radical (unpaired) electrons. The number of benzene rings is 1. The van der Waals surface area contributed by atoms with Gasteiger partial charge in [-0.05, 0) is 25.5 Å². The zero-order chi connectivity index (χ0) is 14.2. The number of hydrogen-bond donors (Lipinski definition) is 2. The van der Waals surface area contributed by atoms with E-state index in [9.17, 15) is 9.18 Å². The lowest BCUT2D eigenvalue weighted by atomic mass is 10.0. The van der Waals surface area contributed by atoms with Crippen LogP contribution in [0.15, 0.2) is 22.7 Å². The number of carboxylic acid groups (broad SMARTS) is 1. The van der Waals surface area contributed by atoms with E-state index in [4.69, 9.17) is 10.8 Å². The van der Waals surface area contributed by atoms with Crippen molar-refractivity contribution < 1.29 is 14.3 Å². The topological polar surface area (TPSA) is 66.6 Å². The first-order valence-corrected chi connectivity index (χ1v) is 6.84. The van der Waals surface area contributed by atoms with Gasteiger partial charge in [-0.1, -0.05) is 22.0 Å². The second-order valence-electron chi connectivity index (χ2n) is 5.02. The maximum absolute atomic E-state index is 13.9. The van der Waals surface area contributed by atoms with Gasteiger partial charge >= 0.3 is 5.97 Å². The zero-order valence-electron chi connectivity index (χ0n) is 10.6.